The Morgan fingerprint density at radius 3 is 2.58 bits per heavy atom. The van der Waals surface area contributed by atoms with E-state index in [4.69, 9.17) is 0 Å². The molecule has 5 rings (SSSR count). The van der Waals surface area contributed by atoms with Gasteiger partial charge in [0.1, 0.15) is 0 Å². The third-order valence-electron chi connectivity index (χ3n) is 6.64. The fourth-order valence-electron chi connectivity index (χ4n) is 4.93. The molecule has 1 N–H and O–H groups in total. The van der Waals surface area contributed by atoms with Crippen LogP contribution in [-0.2, 0) is 0 Å². The van der Waals surface area contributed by atoms with E-state index < -0.39 is 0 Å². The first kappa shape index (κ1) is 18.0. The van der Waals surface area contributed by atoms with Crippen LogP contribution in [0.5, 0.6) is 0 Å². The Morgan fingerprint density at radius 2 is 1.88 bits per heavy atom. The van der Waals surface area contributed by atoms with Crippen LogP contribution in [-0.4, -0.2) is 86.1 Å². The van der Waals surface area contributed by atoms with E-state index in [1.54, 1.807) is 0 Å². The van der Waals surface area contributed by atoms with Crippen molar-refractivity contribution in [2.45, 2.75) is 18.9 Å². The van der Waals surface area contributed by atoms with Crippen LogP contribution in [0.25, 0.3) is 0 Å². The average molecular weight is 357 g/mol. The van der Waals surface area contributed by atoms with Crippen LogP contribution in [0.4, 0.5) is 0 Å². The quantitative estimate of drug-likeness (QED) is 0.865. The van der Waals surface area contributed by atoms with E-state index in [1.165, 1.54) is 58.7 Å². The Labute approximate surface area is 157 Å². The molecule has 1 aromatic carbocycles. The minimum atomic E-state index is 0.0576. The molecule has 0 aromatic heterocycles. The van der Waals surface area contributed by atoms with E-state index in [-0.39, 0.29) is 5.91 Å². The van der Waals surface area contributed by atoms with Gasteiger partial charge < -0.3 is 15.1 Å². The zero-order valence-electron chi connectivity index (χ0n) is 15.9. The molecule has 142 valence electrons. The van der Waals surface area contributed by atoms with Crippen LogP contribution in [0.1, 0.15) is 23.2 Å². The van der Waals surface area contributed by atoms with E-state index in [0.29, 0.717) is 6.04 Å². The predicted octanol–water partition coefficient (Wildman–Crippen LogP) is 1.37. The summed E-state index contributed by atoms with van der Waals surface area (Å²) in [5.41, 5.74) is 0.761. The van der Waals surface area contributed by atoms with Crippen molar-refractivity contribution in [1.82, 2.24) is 20.0 Å². The molecule has 1 unspecified atom stereocenters. The third kappa shape index (κ3) is 4.11. The van der Waals surface area contributed by atoms with Gasteiger partial charge in [-0.15, -0.1) is 0 Å². The fourth-order valence-corrected chi connectivity index (χ4v) is 4.93. The molecule has 0 saturated carbocycles. The Hall–Kier alpha value is -1.43. The molecule has 5 nitrogen and oxygen atoms in total. The maximum atomic E-state index is 12.3. The number of benzene rings is 1. The third-order valence-corrected chi connectivity index (χ3v) is 6.64. The van der Waals surface area contributed by atoms with Gasteiger partial charge in [-0.1, -0.05) is 18.2 Å². The topological polar surface area (TPSA) is 38.8 Å². The van der Waals surface area contributed by atoms with Crippen molar-refractivity contribution in [2.75, 3.05) is 59.4 Å². The average Bonchev–Trinajstić information content (AvgIpc) is 2.69. The van der Waals surface area contributed by atoms with Crippen molar-refractivity contribution < 1.29 is 4.79 Å². The molecule has 4 aliphatic rings. The lowest BCUT2D eigenvalue weighted by Crippen LogP contribution is -2.59. The second kappa shape index (κ2) is 8.07. The van der Waals surface area contributed by atoms with Gasteiger partial charge in [0, 0.05) is 57.4 Å². The lowest BCUT2D eigenvalue weighted by molar-refractivity contribution is -0.0160. The first-order valence-corrected chi connectivity index (χ1v) is 10.2. The number of carbonyl (C=O) groups excluding carboxylic acids is 1. The van der Waals surface area contributed by atoms with Gasteiger partial charge in [0.15, 0.2) is 0 Å². The number of hydrogen-bond donors (Lipinski definition) is 1. The minimum Gasteiger partial charge on any atom is -0.350 e. The molecule has 0 radical (unpaired) electrons. The van der Waals surface area contributed by atoms with E-state index >= 15 is 0 Å². The van der Waals surface area contributed by atoms with Gasteiger partial charge in [-0.25, -0.2) is 0 Å². The standard InChI is InChI=1S/C21H32N4O/c1-23-9-11-24(12-10-23)15-19-16-25-8-7-18(19)13-20(25)14-22-21(26)17-5-3-2-4-6-17/h2-6,18-20H,7-16H2,1H3,(H,22,26)/t18-,19-,20+/m0/s1. The second-order valence-corrected chi connectivity index (χ2v) is 8.37. The summed E-state index contributed by atoms with van der Waals surface area (Å²) in [5.74, 6) is 1.70. The van der Waals surface area contributed by atoms with Crippen molar-refractivity contribution >= 4 is 5.91 Å². The summed E-state index contributed by atoms with van der Waals surface area (Å²) >= 11 is 0. The molecule has 1 aromatic rings. The van der Waals surface area contributed by atoms with E-state index in [2.05, 4.69) is 27.1 Å². The Bertz CT molecular complexity index is 599. The molecule has 4 fully saturated rings. The van der Waals surface area contributed by atoms with Crippen LogP contribution >= 0.6 is 0 Å². The Balaban J connectivity index is 1.26. The summed E-state index contributed by atoms with van der Waals surface area (Å²) < 4.78 is 0. The maximum absolute atomic E-state index is 12.3. The zero-order chi connectivity index (χ0) is 17.9. The van der Waals surface area contributed by atoms with Gasteiger partial charge in [-0.05, 0) is 50.4 Å². The second-order valence-electron chi connectivity index (χ2n) is 8.37. The number of carbonyl (C=O) groups is 1. The highest BCUT2D eigenvalue weighted by molar-refractivity contribution is 5.94. The number of rotatable bonds is 5. The molecule has 0 spiro atoms. The summed E-state index contributed by atoms with van der Waals surface area (Å²) in [5, 5.41) is 3.16. The van der Waals surface area contributed by atoms with Crippen LogP contribution in [0, 0.1) is 11.8 Å². The monoisotopic (exact) mass is 356 g/mol. The molecular weight excluding hydrogens is 324 g/mol. The van der Waals surface area contributed by atoms with Gasteiger partial charge in [0.2, 0.25) is 0 Å². The van der Waals surface area contributed by atoms with Gasteiger partial charge in [0.05, 0.1) is 0 Å². The number of piperidine rings is 3. The normalized spacial score (nSPS) is 32.5. The molecule has 4 saturated heterocycles. The molecule has 2 bridgehead atoms. The minimum absolute atomic E-state index is 0.0576. The lowest BCUT2D eigenvalue weighted by atomic mass is 9.75. The fraction of sp³-hybridized carbons (Fsp3) is 0.667. The largest absolute Gasteiger partial charge is 0.350 e. The highest BCUT2D eigenvalue weighted by atomic mass is 16.1. The molecule has 4 heterocycles. The molecule has 5 heteroatoms. The van der Waals surface area contributed by atoms with Gasteiger partial charge in [-0.2, -0.15) is 0 Å². The van der Waals surface area contributed by atoms with Gasteiger partial charge in [-0.3, -0.25) is 9.69 Å². The number of piperazine rings is 1. The molecule has 26 heavy (non-hydrogen) atoms. The van der Waals surface area contributed by atoms with Crippen molar-refractivity contribution in [3.63, 3.8) is 0 Å². The zero-order valence-corrected chi connectivity index (χ0v) is 15.9. The summed E-state index contributed by atoms with van der Waals surface area (Å²) in [6.07, 6.45) is 2.58. The van der Waals surface area contributed by atoms with E-state index in [0.717, 1.165) is 23.9 Å². The highest BCUT2D eigenvalue weighted by Crippen LogP contribution is 2.36. The smallest absolute Gasteiger partial charge is 0.251 e. The van der Waals surface area contributed by atoms with E-state index in [1.807, 2.05) is 30.3 Å². The number of amides is 1. The molecule has 1 amide bonds. The molecule has 0 aliphatic carbocycles. The van der Waals surface area contributed by atoms with Gasteiger partial charge >= 0.3 is 0 Å². The molecule has 4 aliphatic heterocycles. The molecule has 4 atom stereocenters. The van der Waals surface area contributed by atoms with Crippen LogP contribution < -0.4 is 5.32 Å². The summed E-state index contributed by atoms with van der Waals surface area (Å²) in [7, 11) is 2.22. The summed E-state index contributed by atoms with van der Waals surface area (Å²) in [6, 6.07) is 10.1. The van der Waals surface area contributed by atoms with Gasteiger partial charge in [0.25, 0.3) is 5.91 Å². The first-order valence-electron chi connectivity index (χ1n) is 10.2. The summed E-state index contributed by atoms with van der Waals surface area (Å²) in [4.78, 5) is 20.0. The van der Waals surface area contributed by atoms with Crippen molar-refractivity contribution in [3.05, 3.63) is 35.9 Å². The number of hydrogen-bond acceptors (Lipinski definition) is 4. The van der Waals surface area contributed by atoms with Crippen LogP contribution in [0.3, 0.4) is 0 Å². The number of nitrogens with one attached hydrogen (secondary N) is 1. The maximum Gasteiger partial charge on any atom is 0.251 e. The molecular formula is C21H32N4O. The van der Waals surface area contributed by atoms with Crippen molar-refractivity contribution in [1.29, 1.82) is 0 Å². The lowest BCUT2D eigenvalue weighted by Gasteiger charge is -2.51. The first-order chi connectivity index (χ1) is 12.7. The Kier molecular flexibility index (Phi) is 5.57. The summed E-state index contributed by atoms with van der Waals surface area (Å²) in [6.45, 7) is 9.30. The van der Waals surface area contributed by atoms with Crippen molar-refractivity contribution in [3.8, 4) is 0 Å². The predicted molar refractivity (Wildman–Crippen MR) is 104 cm³/mol. The van der Waals surface area contributed by atoms with Crippen LogP contribution in [0.2, 0.25) is 0 Å². The number of likely N-dealkylation sites (N-methyl/N-ethyl adjacent to an activating group) is 1. The number of fused-ring (bicyclic) bond motifs is 3. The Morgan fingerprint density at radius 1 is 1.12 bits per heavy atom. The SMILES string of the molecule is CN1CCN(C[C@H]2CN3CC[C@H]2C[C@@H]3CNC(=O)c2ccccc2)CC1. The van der Waals surface area contributed by atoms with E-state index in [9.17, 15) is 4.79 Å². The highest BCUT2D eigenvalue weighted by Gasteiger charge is 2.40. The van der Waals surface area contributed by atoms with Crippen LogP contribution in [0.15, 0.2) is 30.3 Å². The number of nitrogens with zero attached hydrogens (tertiary/aromatic N) is 3. The van der Waals surface area contributed by atoms with Crippen molar-refractivity contribution in [2.24, 2.45) is 11.8 Å².